The Labute approximate surface area is 154 Å². The van der Waals surface area contributed by atoms with Crippen molar-refractivity contribution in [3.8, 4) is 0 Å². The fourth-order valence-electron chi connectivity index (χ4n) is 3.18. The lowest BCUT2D eigenvalue weighted by molar-refractivity contribution is -0.137. The number of carbonyl (C=O) groups is 2. The van der Waals surface area contributed by atoms with Gasteiger partial charge in [0.25, 0.3) is 0 Å². The molecule has 2 aromatic rings. The summed E-state index contributed by atoms with van der Waals surface area (Å²) in [7, 11) is 0. The summed E-state index contributed by atoms with van der Waals surface area (Å²) < 4.78 is 39.3. The van der Waals surface area contributed by atoms with Gasteiger partial charge >= 0.3 is 12.2 Å². The molecule has 1 aliphatic rings. The fraction of sp³-hybridized carbons (Fsp3) is 0.263. The molecular formula is C19H18F3N3O2. The molecule has 0 bridgehead atoms. The first-order valence-electron chi connectivity index (χ1n) is 8.37. The number of nitrogens with one attached hydrogen (secondary N) is 1. The molecule has 0 saturated heterocycles. The second-order valence-electron chi connectivity index (χ2n) is 6.33. The smallest absolute Gasteiger partial charge is 0.352 e. The number of hydrogen-bond donors (Lipinski definition) is 2. The second kappa shape index (κ2) is 7.30. The number of hydrogen-bond acceptors (Lipinski definition) is 2. The Kier molecular flexibility index (Phi) is 5.07. The van der Waals surface area contributed by atoms with Gasteiger partial charge in [-0.15, -0.1) is 0 Å². The fourth-order valence-corrected chi connectivity index (χ4v) is 3.18. The second-order valence-corrected chi connectivity index (χ2v) is 6.33. The first-order chi connectivity index (χ1) is 12.8. The topological polar surface area (TPSA) is 75.4 Å². The highest BCUT2D eigenvalue weighted by Crippen LogP contribution is 2.36. The van der Waals surface area contributed by atoms with Crippen molar-refractivity contribution in [3.63, 3.8) is 0 Å². The predicted octanol–water partition coefficient (Wildman–Crippen LogP) is 2.87. The number of urea groups is 1. The third-order valence-electron chi connectivity index (χ3n) is 4.47. The molecule has 2 aromatic carbocycles. The third-order valence-corrected chi connectivity index (χ3v) is 4.47. The molecule has 3 rings (SSSR count). The lowest BCUT2D eigenvalue weighted by atomic mass is 9.95. The van der Waals surface area contributed by atoms with E-state index in [9.17, 15) is 22.8 Å². The lowest BCUT2D eigenvalue weighted by Crippen LogP contribution is -2.54. The zero-order chi connectivity index (χ0) is 19.6. The quantitative estimate of drug-likeness (QED) is 0.860. The molecule has 8 heteroatoms. The van der Waals surface area contributed by atoms with Crippen LogP contribution < -0.4 is 16.0 Å². The Morgan fingerprint density at radius 3 is 2.52 bits per heavy atom. The summed E-state index contributed by atoms with van der Waals surface area (Å²) in [5.41, 5.74) is 6.02. The minimum atomic E-state index is -4.51. The van der Waals surface area contributed by atoms with Crippen molar-refractivity contribution in [2.75, 3.05) is 11.4 Å². The highest BCUT2D eigenvalue weighted by Gasteiger charge is 2.37. The lowest BCUT2D eigenvalue weighted by Gasteiger charge is -2.34. The maximum atomic E-state index is 13.1. The van der Waals surface area contributed by atoms with Gasteiger partial charge in [-0.05, 0) is 29.7 Å². The van der Waals surface area contributed by atoms with Crippen molar-refractivity contribution in [2.24, 2.45) is 5.73 Å². The normalized spacial score (nSPS) is 16.8. The summed E-state index contributed by atoms with van der Waals surface area (Å²) in [5.74, 6) is -0.475. The number of nitrogens with zero attached hydrogens (tertiary/aromatic N) is 1. The molecule has 142 valence electrons. The van der Waals surface area contributed by atoms with Crippen LogP contribution in [0.5, 0.6) is 0 Å². The molecular weight excluding hydrogens is 359 g/mol. The summed E-state index contributed by atoms with van der Waals surface area (Å²) in [6, 6.07) is 10.9. The van der Waals surface area contributed by atoms with E-state index >= 15 is 0 Å². The van der Waals surface area contributed by atoms with E-state index in [1.807, 2.05) is 30.3 Å². The molecule has 1 atom stereocenters. The average Bonchev–Trinajstić information content (AvgIpc) is 2.61. The van der Waals surface area contributed by atoms with Crippen molar-refractivity contribution in [1.82, 2.24) is 5.32 Å². The van der Waals surface area contributed by atoms with Gasteiger partial charge in [-0.2, -0.15) is 13.2 Å². The number of rotatable bonds is 4. The monoisotopic (exact) mass is 377 g/mol. The molecule has 1 heterocycles. The molecule has 0 fully saturated rings. The highest BCUT2D eigenvalue weighted by atomic mass is 19.4. The molecule has 3 N–H and O–H groups in total. The van der Waals surface area contributed by atoms with Gasteiger partial charge in [0.05, 0.1) is 5.56 Å². The van der Waals surface area contributed by atoms with Crippen LogP contribution in [-0.2, 0) is 23.8 Å². The first kappa shape index (κ1) is 18.8. The maximum Gasteiger partial charge on any atom is 0.416 e. The van der Waals surface area contributed by atoms with E-state index in [0.29, 0.717) is 12.0 Å². The van der Waals surface area contributed by atoms with Gasteiger partial charge < -0.3 is 16.0 Å². The van der Waals surface area contributed by atoms with Crippen LogP contribution in [0.4, 0.5) is 23.7 Å². The zero-order valence-electron chi connectivity index (χ0n) is 14.3. The molecule has 0 radical (unpaired) electrons. The predicted molar refractivity (Wildman–Crippen MR) is 94.2 cm³/mol. The van der Waals surface area contributed by atoms with Crippen LogP contribution in [0.25, 0.3) is 0 Å². The third kappa shape index (κ3) is 4.21. The number of carbonyl (C=O) groups excluding carboxylic acids is 2. The SMILES string of the molecule is NC(=O)N[C@@H]1Cc2ccc(C(F)(F)F)cc2N(CCc2ccccc2)C1=O. The number of nitrogens with two attached hydrogens (primary N) is 1. The minimum Gasteiger partial charge on any atom is -0.352 e. The van der Waals surface area contributed by atoms with Gasteiger partial charge in [0.15, 0.2) is 0 Å². The van der Waals surface area contributed by atoms with E-state index in [1.54, 1.807) is 0 Å². The van der Waals surface area contributed by atoms with Gasteiger partial charge in [-0.25, -0.2) is 4.79 Å². The molecule has 0 aliphatic carbocycles. The molecule has 0 spiro atoms. The van der Waals surface area contributed by atoms with Crippen LogP contribution in [0.1, 0.15) is 16.7 Å². The van der Waals surface area contributed by atoms with Crippen molar-refractivity contribution < 1.29 is 22.8 Å². The first-order valence-corrected chi connectivity index (χ1v) is 8.37. The molecule has 27 heavy (non-hydrogen) atoms. The summed E-state index contributed by atoms with van der Waals surface area (Å²) >= 11 is 0. The van der Waals surface area contributed by atoms with Crippen molar-refractivity contribution in [2.45, 2.75) is 25.1 Å². The Morgan fingerprint density at radius 2 is 1.89 bits per heavy atom. The van der Waals surface area contributed by atoms with Gasteiger partial charge in [0.1, 0.15) is 6.04 Å². The number of amides is 3. The van der Waals surface area contributed by atoms with Crippen molar-refractivity contribution in [3.05, 3.63) is 65.2 Å². The van der Waals surface area contributed by atoms with Crippen LogP contribution in [0.3, 0.4) is 0 Å². The van der Waals surface area contributed by atoms with E-state index in [0.717, 1.165) is 17.7 Å². The van der Waals surface area contributed by atoms with E-state index in [2.05, 4.69) is 5.32 Å². The van der Waals surface area contributed by atoms with Gasteiger partial charge in [0, 0.05) is 18.7 Å². The summed E-state index contributed by atoms with van der Waals surface area (Å²) in [6.45, 7) is 0.189. The van der Waals surface area contributed by atoms with Crippen LogP contribution in [0, 0.1) is 0 Å². The molecule has 3 amide bonds. The van der Waals surface area contributed by atoms with E-state index in [-0.39, 0.29) is 18.7 Å². The van der Waals surface area contributed by atoms with Gasteiger partial charge in [0.2, 0.25) is 5.91 Å². The average molecular weight is 377 g/mol. The summed E-state index contributed by atoms with van der Waals surface area (Å²) in [6.07, 6.45) is -3.95. The maximum absolute atomic E-state index is 13.1. The van der Waals surface area contributed by atoms with E-state index in [1.165, 1.54) is 11.0 Å². The van der Waals surface area contributed by atoms with Crippen molar-refractivity contribution in [1.29, 1.82) is 0 Å². The van der Waals surface area contributed by atoms with Crippen molar-refractivity contribution >= 4 is 17.6 Å². The number of primary amides is 1. The number of anilines is 1. The highest BCUT2D eigenvalue weighted by molar-refractivity contribution is 6.02. The molecule has 0 unspecified atom stereocenters. The van der Waals surface area contributed by atoms with E-state index in [4.69, 9.17) is 5.73 Å². The minimum absolute atomic E-state index is 0.0943. The van der Waals surface area contributed by atoms with Crippen LogP contribution in [0.15, 0.2) is 48.5 Å². The Bertz CT molecular complexity index is 853. The summed E-state index contributed by atoms with van der Waals surface area (Å²) in [5, 5.41) is 2.37. The number of fused-ring (bicyclic) bond motifs is 1. The van der Waals surface area contributed by atoms with Crippen LogP contribution in [0.2, 0.25) is 0 Å². The van der Waals surface area contributed by atoms with Gasteiger partial charge in [-0.1, -0.05) is 36.4 Å². The van der Waals surface area contributed by atoms with Gasteiger partial charge in [-0.3, -0.25) is 4.79 Å². The Balaban J connectivity index is 1.94. The number of benzene rings is 2. The Morgan fingerprint density at radius 1 is 1.19 bits per heavy atom. The number of alkyl halides is 3. The van der Waals surface area contributed by atoms with Crippen LogP contribution in [-0.4, -0.2) is 24.5 Å². The standard InChI is InChI=1S/C19H18F3N3O2/c20-19(21,22)14-7-6-13-10-15(24-18(23)27)17(26)25(16(13)11-14)9-8-12-4-2-1-3-5-12/h1-7,11,15H,8-10H2,(H3,23,24,27)/t15-/m1/s1. The Hall–Kier alpha value is -3.03. The molecule has 1 aliphatic heterocycles. The molecule has 0 aromatic heterocycles. The van der Waals surface area contributed by atoms with E-state index < -0.39 is 29.7 Å². The largest absolute Gasteiger partial charge is 0.416 e. The number of halogens is 3. The molecule has 5 nitrogen and oxygen atoms in total. The summed E-state index contributed by atoms with van der Waals surface area (Å²) in [4.78, 5) is 25.3. The molecule has 0 saturated carbocycles. The zero-order valence-corrected chi connectivity index (χ0v) is 14.3. The van der Waals surface area contributed by atoms with Crippen LogP contribution >= 0.6 is 0 Å².